The van der Waals surface area contributed by atoms with Gasteiger partial charge in [-0.25, -0.2) is 9.97 Å². The van der Waals surface area contributed by atoms with Crippen LogP contribution in [0.5, 0.6) is 0 Å². The molecule has 0 bridgehead atoms. The average Bonchev–Trinajstić information content (AvgIpc) is 2.66. The topological polar surface area (TPSA) is 111 Å². The zero-order valence-corrected chi connectivity index (χ0v) is 12.1. The first-order valence-corrected chi connectivity index (χ1v) is 6.65. The third-order valence-electron chi connectivity index (χ3n) is 2.85. The van der Waals surface area contributed by atoms with E-state index in [4.69, 9.17) is 10.8 Å². The summed E-state index contributed by atoms with van der Waals surface area (Å²) in [7, 11) is 0. The number of hydrogen-bond donors (Lipinski definition) is 3. The van der Waals surface area contributed by atoms with Gasteiger partial charge in [-0.1, -0.05) is 11.3 Å². The van der Waals surface area contributed by atoms with Gasteiger partial charge in [0.05, 0.1) is 10.4 Å². The molecule has 0 amide bonds. The second-order valence-electron chi connectivity index (χ2n) is 4.16. The smallest absolute Gasteiger partial charge is 0.225 e. The third-order valence-corrected chi connectivity index (χ3v) is 4.00. The van der Waals surface area contributed by atoms with Gasteiger partial charge in [0.25, 0.3) is 0 Å². The van der Waals surface area contributed by atoms with Crippen molar-refractivity contribution in [3.8, 4) is 0 Å². The number of nitrogens with two attached hydrogens (primary N) is 1. The second kappa shape index (κ2) is 6.55. The first-order valence-electron chi connectivity index (χ1n) is 5.77. The van der Waals surface area contributed by atoms with Crippen LogP contribution in [0.4, 0.5) is 5.82 Å². The number of anilines is 1. The molecule has 2 aromatic heterocycles. The highest BCUT2D eigenvalue weighted by molar-refractivity contribution is 7.09. The minimum Gasteiger partial charge on any atom is -0.396 e. The Morgan fingerprint density at radius 3 is 2.79 bits per heavy atom. The zero-order valence-electron chi connectivity index (χ0n) is 11.3. The Morgan fingerprint density at radius 1 is 1.42 bits per heavy atom. The van der Waals surface area contributed by atoms with Gasteiger partial charge in [-0.15, -0.1) is 0 Å². The van der Waals surface area contributed by atoms with Crippen molar-refractivity contribution in [2.24, 2.45) is 0 Å². The number of aliphatic hydroxyl groups excluding tert-OH is 1. The van der Waals surface area contributed by atoms with Crippen molar-refractivity contribution in [1.82, 2.24) is 16.1 Å². The Balaban J connectivity index is 0.00000180. The maximum Gasteiger partial charge on any atom is 0.225 e. The van der Waals surface area contributed by atoms with E-state index >= 15 is 0 Å². The van der Waals surface area contributed by atoms with Gasteiger partial charge in [0.1, 0.15) is 11.6 Å². The van der Waals surface area contributed by atoms with Crippen LogP contribution in [-0.2, 0) is 13.0 Å². The highest BCUT2D eigenvalue weighted by Gasteiger charge is 2.16. The summed E-state index contributed by atoms with van der Waals surface area (Å²) < 4.78 is 2.11. The summed E-state index contributed by atoms with van der Waals surface area (Å²) in [6.07, 6.45) is 2.47. The van der Waals surface area contributed by atoms with Crippen LogP contribution in [0.15, 0.2) is 11.7 Å². The van der Waals surface area contributed by atoms with Gasteiger partial charge in [0, 0.05) is 26.1 Å². The summed E-state index contributed by atoms with van der Waals surface area (Å²) in [5.74, 6) is 1.22. The molecule has 2 rings (SSSR count). The van der Waals surface area contributed by atoms with Gasteiger partial charge in [-0.3, -0.25) is 0 Å². The molecule has 0 radical (unpaired) electrons. The molecule has 6 nitrogen and oxygen atoms in total. The van der Waals surface area contributed by atoms with E-state index < -0.39 is 0 Å². The Bertz CT molecular complexity index is 555. The van der Waals surface area contributed by atoms with Crippen molar-refractivity contribution in [1.29, 1.82) is 0 Å². The molecule has 6 N–H and O–H groups in total. The molecule has 0 atom stereocenters. The molecular formula is C12H20N5OS+. The van der Waals surface area contributed by atoms with E-state index in [1.165, 1.54) is 4.88 Å². The first kappa shape index (κ1) is 15.5. The lowest BCUT2D eigenvalue weighted by atomic mass is 10.2. The third kappa shape index (κ3) is 3.46. The summed E-state index contributed by atoms with van der Waals surface area (Å²) >= 11 is 1.65. The molecule has 0 aromatic carbocycles. The Morgan fingerprint density at radius 2 is 2.16 bits per heavy atom. The minimum atomic E-state index is 0. The van der Waals surface area contributed by atoms with E-state index in [1.54, 1.807) is 17.5 Å². The van der Waals surface area contributed by atoms with Crippen molar-refractivity contribution in [2.75, 3.05) is 12.3 Å². The maximum atomic E-state index is 8.98. The maximum absolute atomic E-state index is 8.98. The quantitative estimate of drug-likeness (QED) is 0.717. The summed E-state index contributed by atoms with van der Waals surface area (Å²) in [6, 6.07) is 0. The fourth-order valence-corrected chi connectivity index (χ4v) is 2.75. The Hall–Kier alpha value is -1.57. The lowest BCUT2D eigenvalue weighted by Crippen LogP contribution is -2.35. The molecule has 0 aliphatic carbocycles. The summed E-state index contributed by atoms with van der Waals surface area (Å²) in [5.41, 5.74) is 10.0. The molecular weight excluding hydrogens is 262 g/mol. The fraction of sp³-hybridized carbons (Fsp3) is 0.417. The number of aromatic nitrogens is 3. The number of thiazole rings is 1. The van der Waals surface area contributed by atoms with Crippen LogP contribution in [0.1, 0.15) is 22.0 Å². The van der Waals surface area contributed by atoms with Crippen molar-refractivity contribution in [2.45, 2.75) is 26.8 Å². The minimum absolute atomic E-state index is 0. The highest BCUT2D eigenvalue weighted by Crippen LogP contribution is 2.13. The molecule has 0 spiro atoms. The molecule has 0 fully saturated rings. The van der Waals surface area contributed by atoms with E-state index in [2.05, 4.69) is 14.5 Å². The summed E-state index contributed by atoms with van der Waals surface area (Å²) in [5, 5.41) is 8.98. The summed E-state index contributed by atoms with van der Waals surface area (Å²) in [4.78, 5) is 9.53. The van der Waals surface area contributed by atoms with Gasteiger partial charge < -0.3 is 17.0 Å². The predicted octanol–water partition coefficient (Wildman–Crippen LogP) is 0.770. The van der Waals surface area contributed by atoms with E-state index in [1.807, 2.05) is 19.4 Å². The largest absolute Gasteiger partial charge is 0.396 e. The molecule has 0 saturated carbocycles. The molecule has 0 aliphatic heterocycles. The van der Waals surface area contributed by atoms with Gasteiger partial charge in [0.2, 0.25) is 5.51 Å². The van der Waals surface area contributed by atoms with Gasteiger partial charge in [-0.2, -0.15) is 4.57 Å². The van der Waals surface area contributed by atoms with Crippen molar-refractivity contribution in [3.63, 3.8) is 0 Å². The van der Waals surface area contributed by atoms with Crippen LogP contribution >= 0.6 is 11.3 Å². The van der Waals surface area contributed by atoms with Gasteiger partial charge >= 0.3 is 0 Å². The zero-order chi connectivity index (χ0) is 13.1. The first-order chi connectivity index (χ1) is 8.61. The molecule has 104 valence electrons. The standard InChI is InChI=1S/C12H17N4OS.H3N/c1-8-11(3-4-17)18-7-16(8)6-10-5-14-9(2)15-12(10)13;/h5,7,17H,3-4,6H2,1-2H3,(H2,13,14,15);1H3/q+1;. The van der Waals surface area contributed by atoms with E-state index in [0.717, 1.165) is 11.3 Å². The normalized spacial score (nSPS) is 10.3. The van der Waals surface area contributed by atoms with E-state index in [9.17, 15) is 0 Å². The van der Waals surface area contributed by atoms with Crippen molar-refractivity contribution >= 4 is 17.2 Å². The van der Waals surface area contributed by atoms with Crippen LogP contribution in [0, 0.1) is 13.8 Å². The second-order valence-corrected chi connectivity index (χ2v) is 5.10. The molecule has 2 aromatic rings. The number of aryl methyl sites for hydroxylation is 1. The number of aliphatic hydroxyl groups is 1. The number of nitrogens with zero attached hydrogens (tertiary/aromatic N) is 3. The number of rotatable bonds is 4. The van der Waals surface area contributed by atoms with Crippen LogP contribution in [0.3, 0.4) is 0 Å². The fourth-order valence-electron chi connectivity index (χ4n) is 1.77. The van der Waals surface area contributed by atoms with Crippen LogP contribution in [0.2, 0.25) is 0 Å². The monoisotopic (exact) mass is 282 g/mol. The van der Waals surface area contributed by atoms with Crippen molar-refractivity contribution < 1.29 is 9.67 Å². The van der Waals surface area contributed by atoms with Crippen molar-refractivity contribution in [3.05, 3.63) is 33.7 Å². The van der Waals surface area contributed by atoms with Gasteiger partial charge in [0.15, 0.2) is 12.2 Å². The average molecular weight is 282 g/mol. The number of nitrogen functional groups attached to an aromatic ring is 1. The highest BCUT2D eigenvalue weighted by atomic mass is 32.1. The molecule has 7 heteroatoms. The lowest BCUT2D eigenvalue weighted by molar-refractivity contribution is -0.689. The molecule has 0 saturated heterocycles. The molecule has 0 unspecified atom stereocenters. The Kier molecular flexibility index (Phi) is 5.34. The van der Waals surface area contributed by atoms with Crippen LogP contribution in [-0.4, -0.2) is 21.7 Å². The van der Waals surface area contributed by atoms with E-state index in [-0.39, 0.29) is 12.8 Å². The van der Waals surface area contributed by atoms with E-state index in [0.29, 0.717) is 24.6 Å². The molecule has 2 heterocycles. The SMILES string of the molecule is Cc1ncc(C[n+]2csc(CCO)c2C)c(N)n1.N. The van der Waals surface area contributed by atoms with Crippen LogP contribution < -0.4 is 16.5 Å². The summed E-state index contributed by atoms with van der Waals surface area (Å²) in [6.45, 7) is 4.71. The molecule has 0 aliphatic rings. The molecule has 19 heavy (non-hydrogen) atoms. The number of hydrogen-bond acceptors (Lipinski definition) is 6. The Labute approximate surface area is 116 Å². The van der Waals surface area contributed by atoms with Crippen LogP contribution in [0.25, 0.3) is 0 Å². The van der Waals surface area contributed by atoms with Gasteiger partial charge in [-0.05, 0) is 6.92 Å². The lowest BCUT2D eigenvalue weighted by Gasteiger charge is -2.01. The predicted molar refractivity (Wildman–Crippen MR) is 75.3 cm³/mol.